The van der Waals surface area contributed by atoms with Gasteiger partial charge in [0.05, 0.1) is 6.07 Å². The number of hydrogen-bond acceptors (Lipinski definition) is 2. The van der Waals surface area contributed by atoms with Crippen LogP contribution in [0.4, 0.5) is 0 Å². The van der Waals surface area contributed by atoms with Crippen molar-refractivity contribution in [1.82, 2.24) is 0 Å². The Bertz CT molecular complexity index is 150. The molecule has 0 aromatic rings. The van der Waals surface area contributed by atoms with Crippen molar-refractivity contribution in [3.63, 3.8) is 0 Å². The van der Waals surface area contributed by atoms with E-state index in [0.29, 0.717) is 6.42 Å². The van der Waals surface area contributed by atoms with Crippen LogP contribution in [0.3, 0.4) is 0 Å². The zero-order chi connectivity index (χ0) is 7.98. The summed E-state index contributed by atoms with van der Waals surface area (Å²) in [5.74, 6) is 0.0912. The molecule has 0 radical (unpaired) electrons. The largest absolute Gasteiger partial charge is 0.299 e. The van der Waals surface area contributed by atoms with Crippen molar-refractivity contribution < 1.29 is 4.79 Å². The quantitative estimate of drug-likeness (QED) is 0.587. The standard InChI is InChI=1S/C7H10ClNO/c1-2-7(10)6(5-8)3-4-9/h6H,2-3,5H2,1H3. The number of rotatable bonds is 4. The summed E-state index contributed by atoms with van der Waals surface area (Å²) in [6, 6.07) is 1.93. The lowest BCUT2D eigenvalue weighted by molar-refractivity contribution is -0.121. The molecule has 0 aliphatic carbocycles. The molecule has 0 aromatic heterocycles. The topological polar surface area (TPSA) is 40.9 Å². The number of carbonyl (C=O) groups is 1. The zero-order valence-corrected chi connectivity index (χ0v) is 6.69. The molecule has 0 aliphatic rings. The van der Waals surface area contributed by atoms with Gasteiger partial charge >= 0.3 is 0 Å². The highest BCUT2D eigenvalue weighted by molar-refractivity contribution is 6.19. The number of halogens is 1. The highest BCUT2D eigenvalue weighted by Crippen LogP contribution is 2.07. The van der Waals surface area contributed by atoms with E-state index in [2.05, 4.69) is 0 Å². The van der Waals surface area contributed by atoms with Crippen molar-refractivity contribution in [2.45, 2.75) is 19.8 Å². The Kier molecular flexibility index (Phi) is 4.96. The van der Waals surface area contributed by atoms with Crippen LogP contribution in [0.15, 0.2) is 0 Å². The molecule has 1 atom stereocenters. The Morgan fingerprint density at radius 1 is 1.80 bits per heavy atom. The number of nitrogens with zero attached hydrogens (tertiary/aromatic N) is 1. The zero-order valence-electron chi connectivity index (χ0n) is 5.93. The maximum Gasteiger partial charge on any atom is 0.137 e. The molecule has 0 N–H and O–H groups in total. The van der Waals surface area contributed by atoms with Crippen LogP contribution in [0.2, 0.25) is 0 Å². The number of alkyl halides is 1. The third kappa shape index (κ3) is 2.84. The van der Waals surface area contributed by atoms with Crippen LogP contribution in [0, 0.1) is 17.2 Å². The van der Waals surface area contributed by atoms with Gasteiger partial charge < -0.3 is 0 Å². The summed E-state index contributed by atoms with van der Waals surface area (Å²) < 4.78 is 0. The average Bonchev–Trinajstić information content (AvgIpc) is 1.99. The molecule has 2 nitrogen and oxygen atoms in total. The molecule has 0 amide bonds. The molecular formula is C7H10ClNO. The highest BCUT2D eigenvalue weighted by atomic mass is 35.5. The van der Waals surface area contributed by atoms with Gasteiger partial charge in [-0.2, -0.15) is 5.26 Å². The number of hydrogen-bond donors (Lipinski definition) is 0. The van der Waals surface area contributed by atoms with E-state index in [-0.39, 0.29) is 24.0 Å². The van der Waals surface area contributed by atoms with Crippen LogP contribution in [0.1, 0.15) is 19.8 Å². The molecule has 1 unspecified atom stereocenters. The summed E-state index contributed by atoms with van der Waals surface area (Å²) in [4.78, 5) is 10.9. The molecule has 0 rings (SSSR count). The van der Waals surface area contributed by atoms with Gasteiger partial charge in [0.25, 0.3) is 0 Å². The second kappa shape index (κ2) is 5.25. The van der Waals surface area contributed by atoms with Crippen molar-refractivity contribution in [3.8, 4) is 6.07 Å². The third-order valence-corrected chi connectivity index (χ3v) is 1.70. The van der Waals surface area contributed by atoms with Gasteiger partial charge in [0, 0.05) is 24.6 Å². The Hall–Kier alpha value is -0.550. The number of nitriles is 1. The van der Waals surface area contributed by atoms with E-state index < -0.39 is 0 Å². The first-order chi connectivity index (χ1) is 4.76. The van der Waals surface area contributed by atoms with Crippen LogP contribution in [-0.2, 0) is 4.79 Å². The molecule has 0 fully saturated rings. The second-order valence-corrected chi connectivity index (χ2v) is 2.34. The molecule has 0 saturated heterocycles. The highest BCUT2D eigenvalue weighted by Gasteiger charge is 2.13. The Morgan fingerprint density at radius 3 is 2.70 bits per heavy atom. The minimum atomic E-state index is -0.253. The Morgan fingerprint density at radius 2 is 2.40 bits per heavy atom. The van der Waals surface area contributed by atoms with E-state index in [1.165, 1.54) is 0 Å². The van der Waals surface area contributed by atoms with Crippen LogP contribution in [0.25, 0.3) is 0 Å². The SMILES string of the molecule is CCC(=O)C(CCl)CC#N. The molecule has 0 heterocycles. The molecule has 0 saturated carbocycles. The van der Waals surface area contributed by atoms with E-state index >= 15 is 0 Å². The average molecular weight is 160 g/mol. The smallest absolute Gasteiger partial charge is 0.137 e. The number of ketones is 1. The summed E-state index contributed by atoms with van der Waals surface area (Å²) in [5.41, 5.74) is 0. The summed E-state index contributed by atoms with van der Waals surface area (Å²) >= 11 is 5.45. The Balaban J connectivity index is 3.83. The molecule has 10 heavy (non-hydrogen) atoms. The fourth-order valence-electron chi connectivity index (χ4n) is 0.653. The van der Waals surface area contributed by atoms with Crippen molar-refractivity contribution in [3.05, 3.63) is 0 Å². The predicted octanol–water partition coefficient (Wildman–Crippen LogP) is 1.73. The molecular weight excluding hydrogens is 150 g/mol. The monoisotopic (exact) mass is 159 g/mol. The van der Waals surface area contributed by atoms with Crippen LogP contribution in [0.5, 0.6) is 0 Å². The van der Waals surface area contributed by atoms with Gasteiger partial charge in [-0.3, -0.25) is 4.79 Å². The maximum atomic E-state index is 10.9. The van der Waals surface area contributed by atoms with E-state index in [1.807, 2.05) is 6.07 Å². The predicted molar refractivity (Wildman–Crippen MR) is 39.7 cm³/mol. The summed E-state index contributed by atoms with van der Waals surface area (Å²) in [5, 5.41) is 8.25. The van der Waals surface area contributed by atoms with Gasteiger partial charge in [0.1, 0.15) is 5.78 Å². The van der Waals surface area contributed by atoms with Crippen LogP contribution < -0.4 is 0 Å². The molecule has 3 heteroatoms. The summed E-state index contributed by atoms with van der Waals surface area (Å²) in [6.07, 6.45) is 0.717. The lowest BCUT2D eigenvalue weighted by atomic mass is 10.0. The number of carbonyl (C=O) groups excluding carboxylic acids is 1. The van der Waals surface area contributed by atoms with Gasteiger partial charge in [-0.1, -0.05) is 6.92 Å². The van der Waals surface area contributed by atoms with Gasteiger partial charge in [0.2, 0.25) is 0 Å². The molecule has 0 aromatic carbocycles. The fraction of sp³-hybridized carbons (Fsp3) is 0.714. The summed E-state index contributed by atoms with van der Waals surface area (Å²) in [6.45, 7) is 1.78. The Labute approximate surface area is 65.8 Å². The molecule has 0 aliphatic heterocycles. The first-order valence-electron chi connectivity index (χ1n) is 3.21. The van der Waals surface area contributed by atoms with Gasteiger partial charge in [0.15, 0.2) is 0 Å². The number of Topliss-reactive ketones (excluding diaryl/α,β-unsaturated/α-hetero) is 1. The van der Waals surface area contributed by atoms with E-state index in [9.17, 15) is 4.79 Å². The van der Waals surface area contributed by atoms with Crippen molar-refractivity contribution in [1.29, 1.82) is 5.26 Å². The van der Waals surface area contributed by atoms with E-state index in [1.54, 1.807) is 6.92 Å². The van der Waals surface area contributed by atoms with Gasteiger partial charge in [-0.15, -0.1) is 11.6 Å². The molecule has 56 valence electrons. The molecule has 0 spiro atoms. The van der Waals surface area contributed by atoms with Crippen LogP contribution in [-0.4, -0.2) is 11.7 Å². The first kappa shape index (κ1) is 9.45. The normalized spacial score (nSPS) is 12.1. The van der Waals surface area contributed by atoms with Crippen molar-refractivity contribution >= 4 is 17.4 Å². The summed E-state index contributed by atoms with van der Waals surface area (Å²) in [7, 11) is 0. The van der Waals surface area contributed by atoms with Crippen molar-refractivity contribution in [2.24, 2.45) is 5.92 Å². The minimum Gasteiger partial charge on any atom is -0.299 e. The lowest BCUT2D eigenvalue weighted by Crippen LogP contribution is -2.14. The van der Waals surface area contributed by atoms with Gasteiger partial charge in [-0.25, -0.2) is 0 Å². The van der Waals surface area contributed by atoms with Crippen LogP contribution >= 0.6 is 11.6 Å². The van der Waals surface area contributed by atoms with E-state index in [0.717, 1.165) is 0 Å². The van der Waals surface area contributed by atoms with Crippen molar-refractivity contribution in [2.75, 3.05) is 5.88 Å². The fourth-order valence-corrected chi connectivity index (χ4v) is 0.935. The lowest BCUT2D eigenvalue weighted by Gasteiger charge is -2.04. The molecule has 0 bridgehead atoms. The maximum absolute atomic E-state index is 10.9. The third-order valence-electron chi connectivity index (χ3n) is 1.33. The van der Waals surface area contributed by atoms with E-state index in [4.69, 9.17) is 16.9 Å². The minimum absolute atomic E-state index is 0.0801. The van der Waals surface area contributed by atoms with Gasteiger partial charge in [-0.05, 0) is 0 Å². The first-order valence-corrected chi connectivity index (χ1v) is 3.75. The second-order valence-electron chi connectivity index (χ2n) is 2.03.